The number of rotatable bonds is 4. The van der Waals surface area contributed by atoms with Crippen LogP contribution < -0.4 is 0 Å². The summed E-state index contributed by atoms with van der Waals surface area (Å²) in [5, 5.41) is 11.6. The van der Waals surface area contributed by atoms with E-state index in [4.69, 9.17) is 4.74 Å². The maximum Gasteiger partial charge on any atom is 0.282 e. The van der Waals surface area contributed by atoms with Crippen LogP contribution >= 0.6 is 11.8 Å². The van der Waals surface area contributed by atoms with E-state index < -0.39 is 0 Å². The Morgan fingerprint density at radius 1 is 1.32 bits per heavy atom. The van der Waals surface area contributed by atoms with Gasteiger partial charge in [-0.2, -0.15) is 0 Å². The smallest absolute Gasteiger partial charge is 0.282 e. The van der Waals surface area contributed by atoms with Gasteiger partial charge in [0.15, 0.2) is 0 Å². The molecule has 0 amide bonds. The van der Waals surface area contributed by atoms with Crippen molar-refractivity contribution in [2.75, 3.05) is 7.11 Å². The summed E-state index contributed by atoms with van der Waals surface area (Å²) in [5.74, 6) is 2.89. The Kier molecular flexibility index (Phi) is 2.45. The zero-order valence-corrected chi connectivity index (χ0v) is 11.4. The Bertz CT molecular complexity index is 549. The van der Waals surface area contributed by atoms with Gasteiger partial charge in [-0.15, -0.1) is 11.8 Å². The second-order valence-electron chi connectivity index (χ2n) is 5.73. The number of ether oxygens (including phenoxy) is 1. The van der Waals surface area contributed by atoms with Crippen molar-refractivity contribution in [3.8, 4) is 0 Å². The maximum absolute atomic E-state index is 11.1. The second-order valence-corrected chi connectivity index (χ2v) is 6.95. The van der Waals surface area contributed by atoms with E-state index in [0.717, 1.165) is 22.6 Å². The van der Waals surface area contributed by atoms with Crippen LogP contribution in [0.5, 0.6) is 0 Å². The zero-order chi connectivity index (χ0) is 13.1. The molecular formula is C14H15NO3S. The summed E-state index contributed by atoms with van der Waals surface area (Å²) >= 11 is 1.70. The van der Waals surface area contributed by atoms with Gasteiger partial charge in [0, 0.05) is 18.4 Å². The predicted octanol–water partition coefficient (Wildman–Crippen LogP) is 2.97. The molecule has 5 rings (SSSR count). The standard InChI is InChI=1S/C14H15NO3S/c1-18-13-8-6-7-11(13)12(7)14(8)19-10-5-3-2-4-9(10)15(16)17/h2-5,7-8,11-14H,6H2,1H3. The first-order valence-electron chi connectivity index (χ1n) is 6.65. The van der Waals surface area contributed by atoms with Crippen LogP contribution in [0.1, 0.15) is 6.42 Å². The van der Waals surface area contributed by atoms with Crippen molar-refractivity contribution in [1.29, 1.82) is 0 Å². The Labute approximate surface area is 115 Å². The van der Waals surface area contributed by atoms with E-state index in [-0.39, 0.29) is 10.6 Å². The molecule has 0 radical (unpaired) electrons. The van der Waals surface area contributed by atoms with Gasteiger partial charge >= 0.3 is 0 Å². The Hall–Kier alpha value is -1.07. The van der Waals surface area contributed by atoms with Crippen molar-refractivity contribution in [3.05, 3.63) is 34.4 Å². The summed E-state index contributed by atoms with van der Waals surface area (Å²) in [5.41, 5.74) is 0.239. The first-order valence-corrected chi connectivity index (χ1v) is 7.53. The van der Waals surface area contributed by atoms with Gasteiger partial charge in [0.1, 0.15) is 0 Å². The molecule has 4 aliphatic carbocycles. The Balaban J connectivity index is 1.59. The average Bonchev–Trinajstić information content (AvgIpc) is 2.72. The molecule has 0 aromatic heterocycles. The van der Waals surface area contributed by atoms with Crippen LogP contribution in [0.15, 0.2) is 29.2 Å². The van der Waals surface area contributed by atoms with Gasteiger partial charge in [-0.1, -0.05) is 12.1 Å². The van der Waals surface area contributed by atoms with E-state index in [0.29, 0.717) is 17.3 Å². The van der Waals surface area contributed by atoms with Crippen LogP contribution in [0, 0.1) is 33.8 Å². The fourth-order valence-electron chi connectivity index (χ4n) is 4.36. The van der Waals surface area contributed by atoms with Gasteiger partial charge in [0.25, 0.3) is 5.69 Å². The molecule has 4 fully saturated rings. The maximum atomic E-state index is 11.1. The van der Waals surface area contributed by atoms with Crippen molar-refractivity contribution >= 4 is 17.4 Å². The highest BCUT2D eigenvalue weighted by atomic mass is 32.2. The molecule has 0 spiro atoms. The minimum Gasteiger partial charge on any atom is -0.381 e. The third-order valence-electron chi connectivity index (χ3n) is 5.04. The lowest BCUT2D eigenvalue weighted by molar-refractivity contribution is -0.387. The molecular weight excluding hydrogens is 262 g/mol. The first kappa shape index (κ1) is 11.7. The van der Waals surface area contributed by atoms with Crippen LogP contribution in [-0.2, 0) is 4.74 Å². The molecule has 4 saturated carbocycles. The summed E-state index contributed by atoms with van der Waals surface area (Å²) < 4.78 is 5.62. The van der Waals surface area contributed by atoms with Crippen LogP contribution in [-0.4, -0.2) is 23.4 Å². The Morgan fingerprint density at radius 3 is 2.74 bits per heavy atom. The monoisotopic (exact) mass is 277 g/mol. The molecule has 100 valence electrons. The third-order valence-corrected chi connectivity index (χ3v) is 6.57. The molecule has 1 aromatic carbocycles. The lowest BCUT2D eigenvalue weighted by Crippen LogP contribution is -2.20. The van der Waals surface area contributed by atoms with Crippen LogP contribution in [0.2, 0.25) is 0 Å². The normalized spacial score (nSPS) is 41.5. The summed E-state index contributed by atoms with van der Waals surface area (Å²) in [7, 11) is 1.80. The van der Waals surface area contributed by atoms with E-state index in [2.05, 4.69) is 0 Å². The summed E-state index contributed by atoms with van der Waals surface area (Å²) in [6, 6.07) is 7.08. The topological polar surface area (TPSA) is 52.4 Å². The van der Waals surface area contributed by atoms with Gasteiger partial charge in [-0.25, -0.2) is 0 Å². The lowest BCUT2D eigenvalue weighted by atomic mass is 10.1. The summed E-state index contributed by atoms with van der Waals surface area (Å²) in [6.45, 7) is 0. The molecule has 0 saturated heterocycles. The van der Waals surface area contributed by atoms with Crippen LogP contribution in [0.25, 0.3) is 0 Å². The molecule has 1 aromatic rings. The minimum absolute atomic E-state index is 0.239. The number of hydrogen-bond acceptors (Lipinski definition) is 4. The molecule has 6 unspecified atom stereocenters. The summed E-state index contributed by atoms with van der Waals surface area (Å²) in [6.07, 6.45) is 1.65. The second kappa shape index (κ2) is 3.96. The van der Waals surface area contributed by atoms with Crippen LogP contribution in [0.3, 0.4) is 0 Å². The van der Waals surface area contributed by atoms with Gasteiger partial charge in [0.05, 0.1) is 15.9 Å². The van der Waals surface area contributed by atoms with Gasteiger partial charge < -0.3 is 4.74 Å². The van der Waals surface area contributed by atoms with E-state index in [9.17, 15) is 10.1 Å². The highest BCUT2D eigenvalue weighted by Crippen LogP contribution is 2.74. The van der Waals surface area contributed by atoms with Gasteiger partial charge in [0.2, 0.25) is 0 Å². The number of para-hydroxylation sites is 1. The zero-order valence-electron chi connectivity index (χ0n) is 10.6. The van der Waals surface area contributed by atoms with Gasteiger partial charge in [-0.3, -0.25) is 10.1 Å². The molecule has 0 heterocycles. The van der Waals surface area contributed by atoms with Crippen molar-refractivity contribution < 1.29 is 9.66 Å². The molecule has 19 heavy (non-hydrogen) atoms. The average molecular weight is 277 g/mol. The molecule has 6 atom stereocenters. The largest absolute Gasteiger partial charge is 0.381 e. The van der Waals surface area contributed by atoms with E-state index >= 15 is 0 Å². The molecule has 0 N–H and O–H groups in total. The number of hydrogen-bond donors (Lipinski definition) is 0. The van der Waals surface area contributed by atoms with E-state index in [1.807, 2.05) is 12.1 Å². The number of nitro benzene ring substituents is 1. The SMILES string of the molecule is COC1C2CC3C1C3C2Sc1ccccc1[N+](=O)[O-]. The quantitative estimate of drug-likeness (QED) is 0.627. The molecule has 0 aliphatic heterocycles. The van der Waals surface area contributed by atoms with E-state index in [1.165, 1.54) is 6.42 Å². The number of methoxy groups -OCH3 is 1. The first-order chi connectivity index (χ1) is 9.22. The number of thioether (sulfide) groups is 1. The number of nitro groups is 1. The number of nitrogens with zero attached hydrogens (tertiary/aromatic N) is 1. The number of benzene rings is 1. The lowest BCUT2D eigenvalue weighted by Gasteiger charge is -2.18. The fraction of sp³-hybridized carbons (Fsp3) is 0.571. The van der Waals surface area contributed by atoms with Crippen LogP contribution in [0.4, 0.5) is 5.69 Å². The molecule has 4 bridgehead atoms. The highest BCUT2D eigenvalue weighted by molar-refractivity contribution is 8.00. The third kappa shape index (κ3) is 1.51. The van der Waals surface area contributed by atoms with E-state index in [1.54, 1.807) is 31.0 Å². The minimum atomic E-state index is -0.278. The van der Waals surface area contributed by atoms with Crippen molar-refractivity contribution in [2.24, 2.45) is 23.7 Å². The molecule has 4 nitrogen and oxygen atoms in total. The van der Waals surface area contributed by atoms with Crippen molar-refractivity contribution in [1.82, 2.24) is 0 Å². The predicted molar refractivity (Wildman–Crippen MR) is 72.1 cm³/mol. The highest BCUT2D eigenvalue weighted by Gasteiger charge is 2.74. The summed E-state index contributed by atoms with van der Waals surface area (Å²) in [4.78, 5) is 11.6. The fourth-order valence-corrected chi connectivity index (χ4v) is 6.06. The molecule has 4 aliphatic rings. The van der Waals surface area contributed by atoms with Crippen molar-refractivity contribution in [2.45, 2.75) is 22.7 Å². The Morgan fingerprint density at radius 2 is 2.11 bits per heavy atom. The molecule has 5 heteroatoms. The van der Waals surface area contributed by atoms with Gasteiger partial charge in [-0.05, 0) is 36.2 Å². The van der Waals surface area contributed by atoms with Crippen molar-refractivity contribution in [3.63, 3.8) is 0 Å².